The zero-order chi connectivity index (χ0) is 19.1. The Bertz CT molecular complexity index is 350. The molecule has 1 atom stereocenters. The smallest absolute Gasteiger partial charge is 0.306 e. The van der Waals surface area contributed by atoms with Gasteiger partial charge in [-0.15, -0.1) is 0 Å². The number of esters is 2. The van der Waals surface area contributed by atoms with Crippen molar-refractivity contribution in [3.8, 4) is 0 Å². The average Bonchev–Trinajstić information content (AvgIpc) is 2.51. The van der Waals surface area contributed by atoms with Gasteiger partial charge in [0.2, 0.25) is 0 Å². The summed E-state index contributed by atoms with van der Waals surface area (Å²) < 4.78 is 10.3. The lowest BCUT2D eigenvalue weighted by Gasteiger charge is -2.15. The van der Waals surface area contributed by atoms with E-state index in [9.17, 15) is 9.59 Å². The first kappa shape index (κ1) is 23.9. The van der Waals surface area contributed by atoms with Crippen LogP contribution in [0.5, 0.6) is 0 Å². The predicted molar refractivity (Wildman–Crippen MR) is 102 cm³/mol. The number of rotatable bonds is 15. The monoisotopic (exact) mass is 356 g/mol. The van der Waals surface area contributed by atoms with E-state index < -0.39 is 0 Å². The fraction of sp³-hybridized carbons (Fsp3) is 0.905. The van der Waals surface area contributed by atoms with Crippen molar-refractivity contribution in [3.05, 3.63) is 0 Å². The minimum atomic E-state index is -0.0724. The minimum absolute atomic E-state index is 0.00811. The van der Waals surface area contributed by atoms with Crippen LogP contribution in [-0.4, -0.2) is 24.1 Å². The summed E-state index contributed by atoms with van der Waals surface area (Å²) in [4.78, 5) is 23.0. The average molecular weight is 357 g/mol. The van der Waals surface area contributed by atoms with E-state index in [1.807, 2.05) is 27.7 Å². The van der Waals surface area contributed by atoms with Crippen molar-refractivity contribution in [2.75, 3.05) is 0 Å². The lowest BCUT2D eigenvalue weighted by Crippen LogP contribution is -2.12. The SMILES string of the molecule is CCC(CCCCCCCCC(=O)OC(C)C)CCC(=O)OC(C)C. The second-order valence-electron chi connectivity index (χ2n) is 7.55. The van der Waals surface area contributed by atoms with Gasteiger partial charge in [0.1, 0.15) is 0 Å². The minimum Gasteiger partial charge on any atom is -0.463 e. The Morgan fingerprint density at radius 1 is 0.680 bits per heavy atom. The molecule has 0 bridgehead atoms. The fourth-order valence-corrected chi connectivity index (χ4v) is 2.93. The Morgan fingerprint density at radius 2 is 1.16 bits per heavy atom. The maximum Gasteiger partial charge on any atom is 0.306 e. The van der Waals surface area contributed by atoms with Crippen LogP contribution in [0.25, 0.3) is 0 Å². The van der Waals surface area contributed by atoms with Crippen molar-refractivity contribution in [1.29, 1.82) is 0 Å². The van der Waals surface area contributed by atoms with Crippen LogP contribution in [0.1, 0.15) is 105 Å². The maximum absolute atomic E-state index is 11.6. The van der Waals surface area contributed by atoms with Crippen LogP contribution < -0.4 is 0 Å². The highest BCUT2D eigenvalue weighted by atomic mass is 16.5. The number of ether oxygens (including phenoxy) is 2. The molecule has 0 saturated heterocycles. The summed E-state index contributed by atoms with van der Waals surface area (Å²) in [6.07, 6.45) is 11.3. The normalized spacial score (nSPS) is 12.4. The van der Waals surface area contributed by atoms with E-state index in [2.05, 4.69) is 6.92 Å². The summed E-state index contributed by atoms with van der Waals surface area (Å²) >= 11 is 0. The Balaban J connectivity index is 3.55. The predicted octanol–water partition coefficient (Wildman–Crippen LogP) is 5.82. The van der Waals surface area contributed by atoms with Gasteiger partial charge in [0.25, 0.3) is 0 Å². The van der Waals surface area contributed by atoms with Crippen LogP contribution in [0.15, 0.2) is 0 Å². The molecule has 4 heteroatoms. The van der Waals surface area contributed by atoms with Crippen molar-refractivity contribution in [1.82, 2.24) is 0 Å². The zero-order valence-electron chi connectivity index (χ0n) is 17.1. The lowest BCUT2D eigenvalue weighted by molar-refractivity contribution is -0.148. The molecule has 0 fully saturated rings. The van der Waals surface area contributed by atoms with Gasteiger partial charge in [-0.25, -0.2) is 0 Å². The summed E-state index contributed by atoms with van der Waals surface area (Å²) in [5.74, 6) is 0.492. The third kappa shape index (κ3) is 16.2. The van der Waals surface area contributed by atoms with Gasteiger partial charge in [-0.1, -0.05) is 51.9 Å². The molecule has 0 rings (SSSR count). The van der Waals surface area contributed by atoms with Crippen LogP contribution in [0, 0.1) is 5.92 Å². The van der Waals surface area contributed by atoms with Crippen LogP contribution in [0.3, 0.4) is 0 Å². The van der Waals surface area contributed by atoms with Crippen molar-refractivity contribution in [2.24, 2.45) is 5.92 Å². The molecular weight excluding hydrogens is 316 g/mol. The van der Waals surface area contributed by atoms with E-state index in [1.165, 1.54) is 32.1 Å². The van der Waals surface area contributed by atoms with E-state index in [0.29, 0.717) is 18.8 Å². The Hall–Kier alpha value is -1.06. The highest BCUT2D eigenvalue weighted by Gasteiger charge is 2.11. The highest BCUT2D eigenvalue weighted by Crippen LogP contribution is 2.20. The van der Waals surface area contributed by atoms with Gasteiger partial charge in [0.15, 0.2) is 0 Å². The van der Waals surface area contributed by atoms with Gasteiger partial charge >= 0.3 is 11.9 Å². The number of carbonyl (C=O) groups is 2. The van der Waals surface area contributed by atoms with Gasteiger partial charge in [0, 0.05) is 12.8 Å². The quantitative estimate of drug-likeness (QED) is 0.274. The van der Waals surface area contributed by atoms with Crippen LogP contribution in [0.4, 0.5) is 0 Å². The standard InChI is InChI=1S/C21H40O4/c1-6-19(15-16-21(23)25-18(4)5)13-11-9-7-8-10-12-14-20(22)24-17(2)3/h17-19H,6-16H2,1-5H3. The molecule has 0 aliphatic carbocycles. The molecule has 0 spiro atoms. The van der Waals surface area contributed by atoms with Crippen LogP contribution in [-0.2, 0) is 19.1 Å². The number of carbonyl (C=O) groups excluding carboxylic acids is 2. The van der Waals surface area contributed by atoms with E-state index in [-0.39, 0.29) is 24.1 Å². The molecule has 148 valence electrons. The number of hydrogen-bond acceptors (Lipinski definition) is 4. The second-order valence-corrected chi connectivity index (χ2v) is 7.55. The van der Waals surface area contributed by atoms with Gasteiger partial charge in [-0.05, 0) is 46.5 Å². The van der Waals surface area contributed by atoms with E-state index in [4.69, 9.17) is 9.47 Å². The lowest BCUT2D eigenvalue weighted by atomic mass is 9.93. The zero-order valence-corrected chi connectivity index (χ0v) is 17.1. The Morgan fingerprint density at radius 3 is 1.68 bits per heavy atom. The molecule has 0 radical (unpaired) electrons. The molecule has 0 aromatic carbocycles. The van der Waals surface area contributed by atoms with Crippen molar-refractivity contribution < 1.29 is 19.1 Å². The number of unbranched alkanes of at least 4 members (excludes halogenated alkanes) is 5. The summed E-state index contributed by atoms with van der Waals surface area (Å²) in [7, 11) is 0. The molecule has 4 nitrogen and oxygen atoms in total. The molecule has 0 heterocycles. The van der Waals surface area contributed by atoms with Crippen LogP contribution >= 0.6 is 0 Å². The molecule has 1 unspecified atom stereocenters. The summed E-state index contributed by atoms with van der Waals surface area (Å²) in [5, 5.41) is 0. The van der Waals surface area contributed by atoms with Crippen LogP contribution in [0.2, 0.25) is 0 Å². The summed E-state index contributed by atoms with van der Waals surface area (Å²) in [6, 6.07) is 0. The van der Waals surface area contributed by atoms with E-state index in [0.717, 1.165) is 25.7 Å². The molecule has 0 N–H and O–H groups in total. The topological polar surface area (TPSA) is 52.6 Å². The molecule has 0 aromatic heterocycles. The summed E-state index contributed by atoms with van der Waals surface area (Å²) in [6.45, 7) is 9.75. The van der Waals surface area contributed by atoms with Crippen molar-refractivity contribution >= 4 is 11.9 Å². The van der Waals surface area contributed by atoms with E-state index >= 15 is 0 Å². The van der Waals surface area contributed by atoms with Crippen molar-refractivity contribution in [2.45, 2.75) is 117 Å². The van der Waals surface area contributed by atoms with Gasteiger partial charge in [-0.2, -0.15) is 0 Å². The molecule has 0 aliphatic rings. The first-order valence-electron chi connectivity index (χ1n) is 10.2. The molecule has 0 aliphatic heterocycles. The molecular formula is C21H40O4. The maximum atomic E-state index is 11.6. The third-order valence-corrected chi connectivity index (χ3v) is 4.31. The van der Waals surface area contributed by atoms with Gasteiger partial charge < -0.3 is 9.47 Å². The van der Waals surface area contributed by atoms with Gasteiger partial charge in [0.05, 0.1) is 12.2 Å². The fourth-order valence-electron chi connectivity index (χ4n) is 2.93. The Labute approximate surface area is 155 Å². The highest BCUT2D eigenvalue weighted by molar-refractivity contribution is 5.69. The second kappa shape index (κ2) is 15.2. The Kier molecular flexibility index (Phi) is 14.6. The largest absolute Gasteiger partial charge is 0.463 e. The number of hydrogen-bond donors (Lipinski definition) is 0. The third-order valence-electron chi connectivity index (χ3n) is 4.31. The molecule has 0 saturated carbocycles. The summed E-state index contributed by atoms with van der Waals surface area (Å²) in [5.41, 5.74) is 0. The first-order chi connectivity index (χ1) is 11.8. The molecule has 0 amide bonds. The van der Waals surface area contributed by atoms with E-state index in [1.54, 1.807) is 0 Å². The molecule has 0 aromatic rings. The first-order valence-corrected chi connectivity index (χ1v) is 10.2. The van der Waals surface area contributed by atoms with Gasteiger partial charge in [-0.3, -0.25) is 9.59 Å². The van der Waals surface area contributed by atoms with Crippen molar-refractivity contribution in [3.63, 3.8) is 0 Å². The molecule has 25 heavy (non-hydrogen) atoms.